The van der Waals surface area contributed by atoms with Gasteiger partial charge in [0.1, 0.15) is 11.2 Å². The molecule has 2 rings (SSSR count). The van der Waals surface area contributed by atoms with Crippen LogP contribution in [0, 0.1) is 5.82 Å². The molecule has 0 saturated carbocycles. The van der Waals surface area contributed by atoms with Crippen molar-refractivity contribution in [3.8, 4) is 11.3 Å². The van der Waals surface area contributed by atoms with Gasteiger partial charge in [0.15, 0.2) is 5.76 Å². The quantitative estimate of drug-likeness (QED) is 0.587. The van der Waals surface area contributed by atoms with Crippen molar-refractivity contribution in [2.45, 2.75) is 18.5 Å². The molecular weight excluding hydrogens is 286 g/mol. The number of oxazole rings is 1. The summed E-state index contributed by atoms with van der Waals surface area (Å²) < 4.78 is 56.4. The first kappa shape index (κ1) is 13.9. The van der Waals surface area contributed by atoms with Crippen LogP contribution in [0.2, 0.25) is 0 Å². The minimum Gasteiger partial charge on any atom is -0.439 e. The van der Waals surface area contributed by atoms with Gasteiger partial charge in [-0.2, -0.15) is 13.2 Å². The number of benzene rings is 1. The van der Waals surface area contributed by atoms with Gasteiger partial charge in [-0.05, 0) is 25.1 Å². The van der Waals surface area contributed by atoms with E-state index < -0.39 is 22.9 Å². The third-order valence-corrected chi connectivity index (χ3v) is 2.61. The van der Waals surface area contributed by atoms with E-state index in [2.05, 4.69) is 4.98 Å². The third kappa shape index (κ3) is 2.89. The van der Waals surface area contributed by atoms with Crippen molar-refractivity contribution in [2.24, 2.45) is 0 Å². The van der Waals surface area contributed by atoms with E-state index in [9.17, 15) is 17.6 Å². The molecule has 2 aromatic rings. The maximum atomic E-state index is 13.6. The van der Waals surface area contributed by atoms with E-state index >= 15 is 0 Å². The topological polar surface area (TPSA) is 26.0 Å². The lowest BCUT2D eigenvalue weighted by Gasteiger charge is -2.08. The van der Waals surface area contributed by atoms with E-state index in [1.165, 1.54) is 0 Å². The predicted molar refractivity (Wildman–Crippen MR) is 61.2 cm³/mol. The van der Waals surface area contributed by atoms with Crippen LogP contribution in [0.25, 0.3) is 11.3 Å². The molecule has 0 aliphatic rings. The Morgan fingerprint density at radius 2 is 2.00 bits per heavy atom. The maximum absolute atomic E-state index is 13.6. The molecule has 0 fully saturated rings. The lowest BCUT2D eigenvalue weighted by atomic mass is 10.1. The van der Waals surface area contributed by atoms with Crippen molar-refractivity contribution >= 4 is 11.6 Å². The van der Waals surface area contributed by atoms with Gasteiger partial charge >= 0.3 is 6.18 Å². The molecule has 0 N–H and O–H groups in total. The summed E-state index contributed by atoms with van der Waals surface area (Å²) in [7, 11) is 0. The Labute approximate surface area is 111 Å². The molecule has 0 aliphatic carbocycles. The Bertz CT molecular complexity index is 592. The summed E-state index contributed by atoms with van der Waals surface area (Å²) in [5, 5.41) is -0.553. The molecule has 0 amide bonds. The Kier molecular flexibility index (Phi) is 3.54. The van der Waals surface area contributed by atoms with Gasteiger partial charge in [-0.15, -0.1) is 11.6 Å². The first-order valence-electron chi connectivity index (χ1n) is 5.26. The second-order valence-corrected chi connectivity index (χ2v) is 4.53. The van der Waals surface area contributed by atoms with E-state index in [0.717, 1.165) is 12.3 Å². The molecule has 0 aliphatic heterocycles. The van der Waals surface area contributed by atoms with Crippen LogP contribution in [0.1, 0.15) is 23.8 Å². The number of aromatic nitrogens is 1. The molecule has 1 unspecified atom stereocenters. The fourth-order valence-corrected chi connectivity index (χ4v) is 1.59. The second kappa shape index (κ2) is 4.85. The summed E-state index contributed by atoms with van der Waals surface area (Å²) in [5.41, 5.74) is -1.26. The molecule has 0 spiro atoms. The zero-order chi connectivity index (χ0) is 14.2. The zero-order valence-corrected chi connectivity index (χ0v) is 10.4. The van der Waals surface area contributed by atoms with E-state index in [1.54, 1.807) is 6.92 Å². The van der Waals surface area contributed by atoms with Crippen LogP contribution < -0.4 is 0 Å². The molecule has 7 heteroatoms. The highest BCUT2D eigenvalue weighted by Crippen LogP contribution is 2.34. The zero-order valence-electron chi connectivity index (χ0n) is 9.63. The van der Waals surface area contributed by atoms with Crippen LogP contribution in [-0.4, -0.2) is 4.98 Å². The molecule has 102 valence electrons. The Hall–Kier alpha value is -1.56. The van der Waals surface area contributed by atoms with Crippen molar-refractivity contribution in [3.63, 3.8) is 0 Å². The summed E-state index contributed by atoms with van der Waals surface area (Å²) in [6.45, 7) is 1.58. The molecule has 2 nitrogen and oxygen atoms in total. The van der Waals surface area contributed by atoms with Crippen LogP contribution in [0.3, 0.4) is 0 Å². The Morgan fingerprint density at radius 3 is 2.53 bits per heavy atom. The first-order valence-corrected chi connectivity index (χ1v) is 5.69. The fourth-order valence-electron chi connectivity index (χ4n) is 1.49. The molecule has 0 saturated heterocycles. The molecule has 1 heterocycles. The number of rotatable bonds is 2. The third-order valence-electron chi connectivity index (χ3n) is 2.42. The molecule has 1 aromatic heterocycles. The molecule has 1 atom stereocenters. The SMILES string of the molecule is CC(Cl)c1ncc(-c2cc(C(F)(F)F)ccc2F)o1. The van der Waals surface area contributed by atoms with Crippen molar-refractivity contribution in [1.29, 1.82) is 0 Å². The number of nitrogens with zero attached hydrogens (tertiary/aromatic N) is 1. The minimum atomic E-state index is -4.55. The summed E-state index contributed by atoms with van der Waals surface area (Å²) in [6.07, 6.45) is -3.40. The molecular formula is C12H8ClF4NO. The lowest BCUT2D eigenvalue weighted by molar-refractivity contribution is -0.137. The van der Waals surface area contributed by atoms with Gasteiger partial charge in [-0.1, -0.05) is 0 Å². The van der Waals surface area contributed by atoms with Gasteiger partial charge in [0.25, 0.3) is 0 Å². The van der Waals surface area contributed by atoms with Crippen molar-refractivity contribution in [1.82, 2.24) is 4.98 Å². The standard InChI is InChI=1S/C12H8ClF4NO/c1-6(13)11-18-5-10(19-11)8-4-7(12(15,16)17)2-3-9(8)14/h2-6H,1H3. The van der Waals surface area contributed by atoms with Gasteiger partial charge < -0.3 is 4.42 Å². The normalized spacial score (nSPS) is 13.6. The predicted octanol–water partition coefficient (Wildman–Crippen LogP) is 4.80. The van der Waals surface area contributed by atoms with E-state index in [-0.39, 0.29) is 17.2 Å². The van der Waals surface area contributed by atoms with E-state index in [4.69, 9.17) is 16.0 Å². The number of halogens is 5. The highest BCUT2D eigenvalue weighted by molar-refractivity contribution is 6.20. The largest absolute Gasteiger partial charge is 0.439 e. The summed E-state index contributed by atoms with van der Waals surface area (Å²) in [6, 6.07) is 2.09. The first-order chi connectivity index (χ1) is 8.79. The smallest absolute Gasteiger partial charge is 0.416 e. The number of hydrogen-bond donors (Lipinski definition) is 0. The highest BCUT2D eigenvalue weighted by atomic mass is 35.5. The molecule has 0 bridgehead atoms. The minimum absolute atomic E-state index is 0.0916. The summed E-state index contributed by atoms with van der Waals surface area (Å²) in [4.78, 5) is 3.78. The van der Waals surface area contributed by atoms with Crippen molar-refractivity contribution < 1.29 is 22.0 Å². The average molecular weight is 294 g/mol. The summed E-state index contributed by atoms with van der Waals surface area (Å²) in [5.74, 6) is -0.794. The maximum Gasteiger partial charge on any atom is 0.416 e. The Balaban J connectivity index is 2.48. The van der Waals surface area contributed by atoms with Crippen LogP contribution in [-0.2, 0) is 6.18 Å². The molecule has 0 radical (unpaired) electrons. The fraction of sp³-hybridized carbons (Fsp3) is 0.250. The second-order valence-electron chi connectivity index (χ2n) is 3.87. The monoisotopic (exact) mass is 293 g/mol. The molecule has 19 heavy (non-hydrogen) atoms. The average Bonchev–Trinajstić information content (AvgIpc) is 2.77. The van der Waals surface area contributed by atoms with Crippen LogP contribution >= 0.6 is 11.6 Å². The van der Waals surface area contributed by atoms with Crippen LogP contribution in [0.15, 0.2) is 28.8 Å². The van der Waals surface area contributed by atoms with Gasteiger partial charge in [-0.3, -0.25) is 0 Å². The van der Waals surface area contributed by atoms with Gasteiger partial charge in [0.2, 0.25) is 5.89 Å². The lowest BCUT2D eigenvalue weighted by Crippen LogP contribution is -2.05. The molecule has 1 aromatic carbocycles. The van der Waals surface area contributed by atoms with E-state index in [0.29, 0.717) is 12.1 Å². The van der Waals surface area contributed by atoms with Crippen molar-refractivity contribution in [3.05, 3.63) is 41.7 Å². The van der Waals surface area contributed by atoms with Crippen LogP contribution in [0.5, 0.6) is 0 Å². The highest BCUT2D eigenvalue weighted by Gasteiger charge is 2.31. The van der Waals surface area contributed by atoms with Crippen LogP contribution in [0.4, 0.5) is 17.6 Å². The number of hydrogen-bond acceptors (Lipinski definition) is 2. The van der Waals surface area contributed by atoms with Crippen molar-refractivity contribution in [2.75, 3.05) is 0 Å². The number of alkyl halides is 4. The Morgan fingerprint density at radius 1 is 1.32 bits per heavy atom. The summed E-state index contributed by atoms with van der Waals surface area (Å²) >= 11 is 5.72. The van der Waals surface area contributed by atoms with Gasteiger partial charge in [-0.25, -0.2) is 9.37 Å². The van der Waals surface area contributed by atoms with Gasteiger partial charge in [0, 0.05) is 0 Å². The van der Waals surface area contributed by atoms with Gasteiger partial charge in [0.05, 0.1) is 17.3 Å². The van der Waals surface area contributed by atoms with E-state index in [1.807, 2.05) is 0 Å².